The highest BCUT2D eigenvalue weighted by Crippen LogP contribution is 2.20. The number of hydrogen-bond donors (Lipinski definition) is 1. The number of carbonyl (C=O) groups is 1. The van der Waals surface area contributed by atoms with Crippen LogP contribution in [0.3, 0.4) is 0 Å². The molecule has 1 unspecified atom stereocenters. The van der Waals surface area contributed by atoms with E-state index >= 15 is 0 Å². The molecule has 0 radical (unpaired) electrons. The molecule has 0 bridgehead atoms. The molecule has 2 fully saturated rings. The van der Waals surface area contributed by atoms with E-state index in [2.05, 4.69) is 36.2 Å². The lowest BCUT2D eigenvalue weighted by atomic mass is 10.1. The zero-order valence-corrected chi connectivity index (χ0v) is 15.6. The smallest absolute Gasteiger partial charge is 0.276 e. The quantitative estimate of drug-likeness (QED) is 0.625. The monoisotopic (exact) mass is 359 g/mol. The van der Waals surface area contributed by atoms with Crippen LogP contribution in [0.5, 0.6) is 0 Å². The molecular formula is C19H25N3O2S. The maximum atomic E-state index is 12.6. The van der Waals surface area contributed by atoms with Gasteiger partial charge in [-0.1, -0.05) is 12.1 Å². The molecule has 0 aromatic heterocycles. The van der Waals surface area contributed by atoms with E-state index in [1.54, 1.807) is 4.90 Å². The molecule has 134 valence electrons. The SMILES string of the molecule is CCN(CC)c1ccc(/C=C2/NC(=S)N(CC3CCCO3)C2=O)cc1. The standard InChI is InChI=1S/C19H25N3O2S/c1-3-21(4-2)15-9-7-14(8-10-15)12-17-18(23)22(19(25)20-17)13-16-6-5-11-24-16/h7-10,12,16H,3-6,11,13H2,1-2H3,(H,20,25)/b17-12+. The van der Waals surface area contributed by atoms with Crippen molar-refractivity contribution in [2.75, 3.05) is 31.1 Å². The summed E-state index contributed by atoms with van der Waals surface area (Å²) in [4.78, 5) is 16.5. The minimum atomic E-state index is -0.0756. The number of nitrogens with zero attached hydrogens (tertiary/aromatic N) is 2. The third-order valence-electron chi connectivity index (χ3n) is 4.71. The molecule has 25 heavy (non-hydrogen) atoms. The molecule has 1 aromatic carbocycles. The summed E-state index contributed by atoms with van der Waals surface area (Å²) in [6.45, 7) is 7.54. The highest BCUT2D eigenvalue weighted by molar-refractivity contribution is 7.80. The summed E-state index contributed by atoms with van der Waals surface area (Å²) < 4.78 is 5.62. The van der Waals surface area contributed by atoms with Crippen LogP contribution in [0.1, 0.15) is 32.3 Å². The van der Waals surface area contributed by atoms with Gasteiger partial charge in [0.15, 0.2) is 5.11 Å². The van der Waals surface area contributed by atoms with Crippen LogP contribution in [0.2, 0.25) is 0 Å². The molecule has 2 aliphatic heterocycles. The Morgan fingerprint density at radius 3 is 2.64 bits per heavy atom. The molecule has 3 rings (SSSR count). The van der Waals surface area contributed by atoms with Gasteiger partial charge in [0, 0.05) is 25.4 Å². The van der Waals surface area contributed by atoms with E-state index < -0.39 is 0 Å². The Morgan fingerprint density at radius 1 is 1.32 bits per heavy atom. The first-order chi connectivity index (χ1) is 12.1. The minimum absolute atomic E-state index is 0.0756. The summed E-state index contributed by atoms with van der Waals surface area (Å²) in [5.74, 6) is -0.0756. The van der Waals surface area contributed by atoms with Crippen molar-refractivity contribution in [2.45, 2.75) is 32.8 Å². The third-order valence-corrected chi connectivity index (χ3v) is 5.03. The summed E-state index contributed by atoms with van der Waals surface area (Å²) in [6.07, 6.45) is 3.99. The van der Waals surface area contributed by atoms with E-state index in [0.717, 1.165) is 38.1 Å². The Kier molecular flexibility index (Phi) is 5.71. The minimum Gasteiger partial charge on any atom is -0.376 e. The van der Waals surface area contributed by atoms with E-state index in [1.165, 1.54) is 5.69 Å². The van der Waals surface area contributed by atoms with Gasteiger partial charge in [-0.3, -0.25) is 9.69 Å². The first-order valence-corrected chi connectivity index (χ1v) is 9.34. The average Bonchev–Trinajstić information content (AvgIpc) is 3.22. The summed E-state index contributed by atoms with van der Waals surface area (Å²) in [7, 11) is 0. The Balaban J connectivity index is 1.70. The lowest BCUT2D eigenvalue weighted by molar-refractivity contribution is -0.123. The van der Waals surface area contributed by atoms with Gasteiger partial charge in [0.2, 0.25) is 0 Å². The van der Waals surface area contributed by atoms with E-state index in [-0.39, 0.29) is 12.0 Å². The topological polar surface area (TPSA) is 44.8 Å². The number of rotatable bonds is 6. The largest absolute Gasteiger partial charge is 0.376 e. The summed E-state index contributed by atoms with van der Waals surface area (Å²) in [6, 6.07) is 8.23. The van der Waals surface area contributed by atoms with Crippen molar-refractivity contribution in [1.29, 1.82) is 0 Å². The van der Waals surface area contributed by atoms with Crippen LogP contribution < -0.4 is 10.2 Å². The summed E-state index contributed by atoms with van der Waals surface area (Å²) in [5, 5.41) is 3.50. The Hall–Kier alpha value is -1.92. The number of amides is 1. The van der Waals surface area contributed by atoms with Crippen LogP contribution in [-0.4, -0.2) is 48.3 Å². The van der Waals surface area contributed by atoms with Crippen LogP contribution in [0.25, 0.3) is 6.08 Å². The van der Waals surface area contributed by atoms with Gasteiger partial charge in [0.1, 0.15) is 5.70 Å². The van der Waals surface area contributed by atoms with Crippen molar-refractivity contribution >= 4 is 35.0 Å². The first-order valence-electron chi connectivity index (χ1n) is 8.93. The van der Waals surface area contributed by atoms with Gasteiger partial charge in [-0.15, -0.1) is 0 Å². The molecule has 2 saturated heterocycles. The number of hydrogen-bond acceptors (Lipinski definition) is 4. The highest BCUT2D eigenvalue weighted by Gasteiger charge is 2.33. The van der Waals surface area contributed by atoms with Gasteiger partial charge < -0.3 is 15.0 Å². The van der Waals surface area contributed by atoms with Gasteiger partial charge in [0.05, 0.1) is 12.6 Å². The van der Waals surface area contributed by atoms with Crippen molar-refractivity contribution in [3.63, 3.8) is 0 Å². The van der Waals surface area contributed by atoms with Crippen molar-refractivity contribution < 1.29 is 9.53 Å². The predicted octanol–water partition coefficient (Wildman–Crippen LogP) is 2.77. The first kappa shape index (κ1) is 17.9. The maximum Gasteiger partial charge on any atom is 0.276 e. The van der Waals surface area contributed by atoms with Gasteiger partial charge in [0.25, 0.3) is 5.91 Å². The Labute approximate surface area is 154 Å². The number of thiocarbonyl (C=S) groups is 1. The molecule has 1 aromatic rings. The van der Waals surface area contributed by atoms with E-state index in [0.29, 0.717) is 17.4 Å². The third kappa shape index (κ3) is 4.02. The fourth-order valence-electron chi connectivity index (χ4n) is 3.27. The highest BCUT2D eigenvalue weighted by atomic mass is 32.1. The van der Waals surface area contributed by atoms with Crippen LogP contribution >= 0.6 is 12.2 Å². The molecular weight excluding hydrogens is 334 g/mol. The molecule has 5 nitrogen and oxygen atoms in total. The maximum absolute atomic E-state index is 12.6. The van der Waals surface area contributed by atoms with Gasteiger partial charge in [-0.2, -0.15) is 0 Å². The molecule has 0 saturated carbocycles. The van der Waals surface area contributed by atoms with Gasteiger partial charge in [-0.05, 0) is 62.7 Å². The van der Waals surface area contributed by atoms with Crippen LogP contribution in [0, 0.1) is 0 Å². The zero-order valence-electron chi connectivity index (χ0n) is 14.8. The van der Waals surface area contributed by atoms with Gasteiger partial charge in [-0.25, -0.2) is 0 Å². The zero-order chi connectivity index (χ0) is 17.8. The number of anilines is 1. The molecule has 0 aliphatic carbocycles. The normalized spacial score (nSPS) is 21.9. The van der Waals surface area contributed by atoms with Gasteiger partial charge >= 0.3 is 0 Å². The molecule has 6 heteroatoms. The average molecular weight is 359 g/mol. The molecule has 2 heterocycles. The molecule has 1 atom stereocenters. The number of nitrogens with one attached hydrogen (secondary N) is 1. The lowest BCUT2D eigenvalue weighted by Crippen LogP contribution is -2.37. The molecule has 1 amide bonds. The van der Waals surface area contributed by atoms with E-state index in [4.69, 9.17) is 17.0 Å². The van der Waals surface area contributed by atoms with Crippen molar-refractivity contribution in [2.24, 2.45) is 0 Å². The fourth-order valence-corrected chi connectivity index (χ4v) is 3.53. The molecule has 2 aliphatic rings. The van der Waals surface area contributed by atoms with Crippen LogP contribution in [-0.2, 0) is 9.53 Å². The molecule has 1 N–H and O–H groups in total. The summed E-state index contributed by atoms with van der Waals surface area (Å²) in [5.41, 5.74) is 2.69. The number of ether oxygens (including phenoxy) is 1. The summed E-state index contributed by atoms with van der Waals surface area (Å²) >= 11 is 5.32. The fraction of sp³-hybridized carbons (Fsp3) is 0.474. The second-order valence-corrected chi connectivity index (χ2v) is 6.69. The van der Waals surface area contributed by atoms with Crippen molar-refractivity contribution in [3.8, 4) is 0 Å². The van der Waals surface area contributed by atoms with Crippen molar-refractivity contribution in [3.05, 3.63) is 35.5 Å². The lowest BCUT2D eigenvalue weighted by Gasteiger charge is -2.20. The van der Waals surface area contributed by atoms with Crippen LogP contribution in [0.15, 0.2) is 30.0 Å². The molecule has 0 spiro atoms. The Morgan fingerprint density at radius 2 is 2.04 bits per heavy atom. The predicted molar refractivity (Wildman–Crippen MR) is 104 cm³/mol. The number of benzene rings is 1. The van der Waals surface area contributed by atoms with Crippen LogP contribution in [0.4, 0.5) is 5.69 Å². The second kappa shape index (κ2) is 7.97. The second-order valence-electron chi connectivity index (χ2n) is 6.30. The van der Waals surface area contributed by atoms with Crippen molar-refractivity contribution in [1.82, 2.24) is 10.2 Å². The Bertz CT molecular complexity index is 662. The van der Waals surface area contributed by atoms with E-state index in [9.17, 15) is 4.79 Å². The number of carbonyl (C=O) groups excluding carboxylic acids is 1. The van der Waals surface area contributed by atoms with E-state index in [1.807, 2.05) is 18.2 Å².